The molecule has 0 aliphatic heterocycles. The molecule has 1 fully saturated rings. The van der Waals surface area contributed by atoms with Crippen molar-refractivity contribution in [1.82, 2.24) is 5.32 Å². The fourth-order valence-corrected chi connectivity index (χ4v) is 1.29. The first kappa shape index (κ1) is 9.19. The Morgan fingerprint density at radius 2 is 2.29 bits per heavy atom. The number of halogens is 1. The summed E-state index contributed by atoms with van der Waals surface area (Å²) in [6.45, 7) is 0.718. The summed E-state index contributed by atoms with van der Waals surface area (Å²) in [6, 6.07) is 5.74. The number of hydrogen-bond donors (Lipinski definition) is 1. The molecule has 0 saturated heterocycles. The van der Waals surface area contributed by atoms with Gasteiger partial charge in [-0.25, -0.2) is 4.39 Å². The van der Waals surface area contributed by atoms with Crippen LogP contribution in [0.15, 0.2) is 24.3 Å². The van der Waals surface area contributed by atoms with Crippen molar-refractivity contribution in [3.63, 3.8) is 0 Å². The number of carbonyl (C=O) groups excluding carboxylic acids is 1. The van der Waals surface area contributed by atoms with Gasteiger partial charge in [-0.3, -0.25) is 4.79 Å². The van der Waals surface area contributed by atoms with E-state index in [9.17, 15) is 9.18 Å². The first-order valence-electron chi connectivity index (χ1n) is 4.79. The van der Waals surface area contributed by atoms with Crippen LogP contribution in [0, 0.1) is 11.7 Å². The highest BCUT2D eigenvalue weighted by molar-refractivity contribution is 5.94. The van der Waals surface area contributed by atoms with Crippen LogP contribution in [-0.4, -0.2) is 12.5 Å². The number of benzene rings is 1. The molecular weight excluding hydrogens is 181 g/mol. The van der Waals surface area contributed by atoms with Crippen molar-refractivity contribution in [2.75, 3.05) is 6.54 Å². The lowest BCUT2D eigenvalue weighted by molar-refractivity contribution is 0.0951. The Morgan fingerprint density at radius 1 is 1.50 bits per heavy atom. The summed E-state index contributed by atoms with van der Waals surface area (Å²) in [4.78, 5) is 11.5. The third-order valence-corrected chi connectivity index (χ3v) is 2.34. The van der Waals surface area contributed by atoms with E-state index in [1.807, 2.05) is 0 Å². The van der Waals surface area contributed by atoms with Crippen molar-refractivity contribution < 1.29 is 9.18 Å². The number of nitrogens with one attached hydrogen (secondary N) is 1. The van der Waals surface area contributed by atoms with Crippen molar-refractivity contribution in [2.24, 2.45) is 5.92 Å². The Labute approximate surface area is 82.1 Å². The van der Waals surface area contributed by atoms with Gasteiger partial charge in [0.25, 0.3) is 5.91 Å². The number of rotatable bonds is 3. The second-order valence-corrected chi connectivity index (χ2v) is 3.66. The molecule has 1 N–H and O–H groups in total. The van der Waals surface area contributed by atoms with E-state index in [2.05, 4.69) is 5.32 Å². The van der Waals surface area contributed by atoms with Crippen LogP contribution >= 0.6 is 0 Å². The van der Waals surface area contributed by atoms with Crippen molar-refractivity contribution in [3.8, 4) is 0 Å². The average Bonchev–Trinajstić information content (AvgIpc) is 2.97. The van der Waals surface area contributed by atoms with Gasteiger partial charge in [0.05, 0.1) is 0 Å². The van der Waals surface area contributed by atoms with Crippen molar-refractivity contribution >= 4 is 5.91 Å². The molecule has 0 radical (unpaired) electrons. The van der Waals surface area contributed by atoms with E-state index in [1.54, 1.807) is 12.1 Å². The van der Waals surface area contributed by atoms with E-state index in [1.165, 1.54) is 25.0 Å². The molecule has 1 saturated carbocycles. The maximum absolute atomic E-state index is 12.8. The van der Waals surface area contributed by atoms with Crippen molar-refractivity contribution in [2.45, 2.75) is 12.8 Å². The summed E-state index contributed by atoms with van der Waals surface area (Å²) in [5, 5.41) is 2.78. The van der Waals surface area contributed by atoms with Crippen LogP contribution in [0.5, 0.6) is 0 Å². The quantitative estimate of drug-likeness (QED) is 0.781. The Bertz CT molecular complexity index is 347. The zero-order valence-corrected chi connectivity index (χ0v) is 7.79. The normalized spacial score (nSPS) is 15.2. The summed E-state index contributed by atoms with van der Waals surface area (Å²) in [5.41, 5.74) is 0.394. The molecule has 0 bridgehead atoms. The summed E-state index contributed by atoms with van der Waals surface area (Å²) < 4.78 is 12.8. The SMILES string of the molecule is O=C(NCC1CC1)c1cccc(F)c1. The highest BCUT2D eigenvalue weighted by Crippen LogP contribution is 2.27. The van der Waals surface area contributed by atoms with Crippen molar-refractivity contribution in [3.05, 3.63) is 35.6 Å². The minimum atomic E-state index is -0.371. The molecular formula is C11H12FNO. The van der Waals surface area contributed by atoms with E-state index < -0.39 is 0 Å². The summed E-state index contributed by atoms with van der Waals surface area (Å²) in [5.74, 6) is 0.0907. The fraction of sp³-hybridized carbons (Fsp3) is 0.364. The molecule has 1 aliphatic carbocycles. The van der Waals surface area contributed by atoms with Gasteiger partial charge in [-0.05, 0) is 37.0 Å². The molecule has 1 aromatic carbocycles. The summed E-state index contributed by atoms with van der Waals surface area (Å²) >= 11 is 0. The molecule has 1 aromatic rings. The van der Waals surface area contributed by atoms with Gasteiger partial charge >= 0.3 is 0 Å². The highest BCUT2D eigenvalue weighted by atomic mass is 19.1. The molecule has 0 unspecified atom stereocenters. The van der Waals surface area contributed by atoms with Gasteiger partial charge < -0.3 is 5.32 Å². The van der Waals surface area contributed by atoms with Crippen LogP contribution in [0.1, 0.15) is 23.2 Å². The predicted octanol–water partition coefficient (Wildman–Crippen LogP) is 1.97. The molecule has 14 heavy (non-hydrogen) atoms. The monoisotopic (exact) mass is 193 g/mol. The van der Waals surface area contributed by atoms with Gasteiger partial charge in [0.15, 0.2) is 0 Å². The van der Waals surface area contributed by atoms with Gasteiger partial charge in [0, 0.05) is 12.1 Å². The van der Waals surface area contributed by atoms with Crippen molar-refractivity contribution in [1.29, 1.82) is 0 Å². The molecule has 2 rings (SSSR count). The highest BCUT2D eigenvalue weighted by Gasteiger charge is 2.21. The lowest BCUT2D eigenvalue weighted by atomic mass is 10.2. The zero-order valence-electron chi connectivity index (χ0n) is 7.79. The molecule has 2 nitrogen and oxygen atoms in total. The lowest BCUT2D eigenvalue weighted by Gasteiger charge is -2.03. The third-order valence-electron chi connectivity index (χ3n) is 2.34. The minimum absolute atomic E-state index is 0.184. The van der Waals surface area contributed by atoms with E-state index >= 15 is 0 Å². The molecule has 0 spiro atoms. The summed E-state index contributed by atoms with van der Waals surface area (Å²) in [6.07, 6.45) is 2.40. The molecule has 74 valence electrons. The molecule has 0 atom stereocenters. The number of amides is 1. The van der Waals surface area contributed by atoms with Gasteiger partial charge in [-0.1, -0.05) is 6.07 Å². The van der Waals surface area contributed by atoms with Gasteiger partial charge in [-0.15, -0.1) is 0 Å². The molecule has 0 heterocycles. The summed E-state index contributed by atoms with van der Waals surface area (Å²) in [7, 11) is 0. The Hall–Kier alpha value is -1.38. The van der Waals surface area contributed by atoms with Gasteiger partial charge in [0.2, 0.25) is 0 Å². The van der Waals surface area contributed by atoms with Crippen LogP contribution in [0.25, 0.3) is 0 Å². The van der Waals surface area contributed by atoms with Crippen LogP contribution in [-0.2, 0) is 0 Å². The molecule has 1 aliphatic rings. The largest absolute Gasteiger partial charge is 0.352 e. The Kier molecular flexibility index (Phi) is 2.48. The van der Waals surface area contributed by atoms with Gasteiger partial charge in [0.1, 0.15) is 5.82 Å². The molecule has 3 heteroatoms. The number of carbonyl (C=O) groups is 1. The first-order chi connectivity index (χ1) is 6.75. The Morgan fingerprint density at radius 3 is 2.93 bits per heavy atom. The maximum Gasteiger partial charge on any atom is 0.251 e. The maximum atomic E-state index is 12.8. The zero-order chi connectivity index (χ0) is 9.97. The lowest BCUT2D eigenvalue weighted by Crippen LogP contribution is -2.25. The minimum Gasteiger partial charge on any atom is -0.352 e. The van der Waals surface area contributed by atoms with Crippen LogP contribution in [0.2, 0.25) is 0 Å². The molecule has 0 aromatic heterocycles. The average molecular weight is 193 g/mol. The smallest absolute Gasteiger partial charge is 0.251 e. The third kappa shape index (κ3) is 2.31. The second kappa shape index (κ2) is 3.78. The van der Waals surface area contributed by atoms with E-state index in [4.69, 9.17) is 0 Å². The second-order valence-electron chi connectivity index (χ2n) is 3.66. The van der Waals surface area contributed by atoms with E-state index in [0.717, 1.165) is 6.54 Å². The Balaban J connectivity index is 1.95. The standard InChI is InChI=1S/C11H12FNO/c12-10-3-1-2-9(6-10)11(14)13-7-8-4-5-8/h1-3,6,8H,4-5,7H2,(H,13,14). The fourth-order valence-electron chi connectivity index (χ4n) is 1.29. The van der Waals surface area contributed by atoms with Gasteiger partial charge in [-0.2, -0.15) is 0 Å². The molecule has 1 amide bonds. The van der Waals surface area contributed by atoms with Crippen LogP contribution in [0.4, 0.5) is 4.39 Å². The van der Waals surface area contributed by atoms with E-state index in [-0.39, 0.29) is 11.7 Å². The topological polar surface area (TPSA) is 29.1 Å². The first-order valence-corrected chi connectivity index (χ1v) is 4.79. The van der Waals surface area contributed by atoms with E-state index in [0.29, 0.717) is 11.5 Å². The predicted molar refractivity (Wildman–Crippen MR) is 51.5 cm³/mol. The van der Waals surface area contributed by atoms with Crippen LogP contribution in [0.3, 0.4) is 0 Å². The van der Waals surface area contributed by atoms with Crippen LogP contribution < -0.4 is 5.32 Å². The number of hydrogen-bond acceptors (Lipinski definition) is 1.